The number of nitrogens with zero attached hydrogens (tertiary/aromatic N) is 1. The highest BCUT2D eigenvalue weighted by molar-refractivity contribution is 7.89. The number of hydrogen-bond acceptors (Lipinski definition) is 4. The molecule has 1 saturated heterocycles. The number of likely N-dealkylation sites (tertiary alicyclic amines) is 1. The molecule has 1 amide bonds. The van der Waals surface area contributed by atoms with Crippen LogP contribution in [0.3, 0.4) is 0 Å². The molecule has 1 aliphatic heterocycles. The minimum absolute atomic E-state index is 0.0227. The Kier molecular flexibility index (Phi) is 7.04. The van der Waals surface area contributed by atoms with E-state index >= 15 is 0 Å². The molecule has 1 fully saturated rings. The fourth-order valence-electron chi connectivity index (χ4n) is 3.27. The number of rotatable bonds is 7. The van der Waals surface area contributed by atoms with Gasteiger partial charge in [0.05, 0.1) is 11.4 Å². The topological polar surface area (TPSA) is 78.5 Å². The fourth-order valence-corrected chi connectivity index (χ4v) is 4.25. The van der Waals surface area contributed by atoms with E-state index < -0.39 is 10.0 Å². The molecule has 0 aliphatic carbocycles. The second kappa shape index (κ2) is 8.87. The third kappa shape index (κ3) is 5.80. The first kappa shape index (κ1) is 21.4. The Morgan fingerprint density at radius 2 is 2.15 bits per heavy atom. The van der Waals surface area contributed by atoms with E-state index in [2.05, 4.69) is 41.6 Å². The van der Waals surface area contributed by atoms with Crippen LogP contribution in [-0.2, 0) is 10.0 Å². The molecule has 2 N–H and O–H groups in total. The van der Waals surface area contributed by atoms with Crippen molar-refractivity contribution in [3.63, 3.8) is 0 Å². The van der Waals surface area contributed by atoms with Crippen molar-refractivity contribution in [3.8, 4) is 12.3 Å². The maximum atomic E-state index is 12.6. The van der Waals surface area contributed by atoms with E-state index in [-0.39, 0.29) is 22.9 Å². The maximum Gasteiger partial charge on any atom is 0.251 e. The standard InChI is InChI=1S/C20H29N3O3S/c1-5-11-22-27(25,26)18-10-6-9-17(13-18)19(24)21-15-20(3,4)23-12-7-8-16(2)14-23/h1,6,9-10,13,16,22H,7-8,11-12,14-15H2,2-4H3,(H,21,24). The van der Waals surface area contributed by atoms with E-state index in [0.717, 1.165) is 13.1 Å². The highest BCUT2D eigenvalue weighted by atomic mass is 32.2. The summed E-state index contributed by atoms with van der Waals surface area (Å²) in [6.45, 7) is 8.94. The Morgan fingerprint density at radius 3 is 2.81 bits per heavy atom. The number of piperidine rings is 1. The van der Waals surface area contributed by atoms with Gasteiger partial charge in [-0.05, 0) is 57.4 Å². The third-order valence-corrected chi connectivity index (χ3v) is 6.36. The average molecular weight is 392 g/mol. The van der Waals surface area contributed by atoms with Gasteiger partial charge < -0.3 is 5.32 Å². The Bertz CT molecular complexity index is 812. The van der Waals surface area contributed by atoms with Crippen LogP contribution in [0.5, 0.6) is 0 Å². The number of benzene rings is 1. The molecule has 7 heteroatoms. The quantitative estimate of drug-likeness (QED) is 0.695. The van der Waals surface area contributed by atoms with Crippen LogP contribution in [0, 0.1) is 18.3 Å². The lowest BCUT2D eigenvalue weighted by Gasteiger charge is -2.43. The van der Waals surface area contributed by atoms with E-state index in [4.69, 9.17) is 6.42 Å². The van der Waals surface area contributed by atoms with Crippen LogP contribution in [0.15, 0.2) is 29.2 Å². The number of terminal acetylenes is 1. The van der Waals surface area contributed by atoms with Crippen molar-refractivity contribution in [2.75, 3.05) is 26.2 Å². The molecule has 0 bridgehead atoms. The van der Waals surface area contributed by atoms with Crippen molar-refractivity contribution in [2.45, 2.75) is 44.0 Å². The van der Waals surface area contributed by atoms with Crippen LogP contribution in [0.4, 0.5) is 0 Å². The van der Waals surface area contributed by atoms with E-state index in [1.165, 1.54) is 25.0 Å². The summed E-state index contributed by atoms with van der Waals surface area (Å²) in [4.78, 5) is 15.0. The van der Waals surface area contributed by atoms with Gasteiger partial charge in [0.2, 0.25) is 10.0 Å². The van der Waals surface area contributed by atoms with E-state index in [0.29, 0.717) is 18.0 Å². The third-order valence-electron chi connectivity index (χ3n) is 4.97. The van der Waals surface area contributed by atoms with Crippen molar-refractivity contribution in [3.05, 3.63) is 29.8 Å². The van der Waals surface area contributed by atoms with Gasteiger partial charge in [-0.25, -0.2) is 8.42 Å². The van der Waals surface area contributed by atoms with Crippen LogP contribution in [0.2, 0.25) is 0 Å². The molecule has 1 aliphatic rings. The van der Waals surface area contributed by atoms with Crippen LogP contribution in [0.1, 0.15) is 44.0 Å². The molecule has 148 valence electrons. The van der Waals surface area contributed by atoms with Gasteiger partial charge in [0.25, 0.3) is 5.91 Å². The zero-order valence-electron chi connectivity index (χ0n) is 16.3. The van der Waals surface area contributed by atoms with Crippen LogP contribution < -0.4 is 10.0 Å². The molecule has 1 atom stereocenters. The monoisotopic (exact) mass is 391 g/mol. The first-order valence-corrected chi connectivity index (χ1v) is 10.7. The van der Waals surface area contributed by atoms with Crippen LogP contribution >= 0.6 is 0 Å². The smallest absolute Gasteiger partial charge is 0.251 e. The second-order valence-corrected chi connectivity index (χ2v) is 9.51. The first-order chi connectivity index (χ1) is 12.7. The van der Waals surface area contributed by atoms with Gasteiger partial charge in [0.15, 0.2) is 0 Å². The number of carbonyl (C=O) groups is 1. The Hall–Kier alpha value is -1.88. The van der Waals surface area contributed by atoms with Crippen molar-refractivity contribution < 1.29 is 13.2 Å². The summed E-state index contributed by atoms with van der Waals surface area (Å²) < 4.78 is 26.6. The molecule has 1 aromatic rings. The highest BCUT2D eigenvalue weighted by Crippen LogP contribution is 2.23. The maximum absolute atomic E-state index is 12.6. The summed E-state index contributed by atoms with van der Waals surface area (Å²) in [6.07, 6.45) is 7.51. The number of nitrogens with one attached hydrogen (secondary N) is 2. The Labute approximate surface area is 162 Å². The number of amides is 1. The summed E-state index contributed by atoms with van der Waals surface area (Å²) in [7, 11) is -3.73. The lowest BCUT2D eigenvalue weighted by Crippen LogP contribution is -2.54. The van der Waals surface area contributed by atoms with Crippen LogP contribution in [-0.4, -0.2) is 50.9 Å². The van der Waals surface area contributed by atoms with Gasteiger partial charge in [0, 0.05) is 24.2 Å². The molecular weight excluding hydrogens is 362 g/mol. The largest absolute Gasteiger partial charge is 0.350 e. The lowest BCUT2D eigenvalue weighted by molar-refractivity contribution is 0.0657. The average Bonchev–Trinajstić information content (AvgIpc) is 2.64. The highest BCUT2D eigenvalue weighted by Gasteiger charge is 2.30. The summed E-state index contributed by atoms with van der Waals surface area (Å²) in [6, 6.07) is 5.96. The number of sulfonamides is 1. The molecule has 0 radical (unpaired) electrons. The summed E-state index contributed by atoms with van der Waals surface area (Å²) in [5.41, 5.74) is 0.143. The van der Waals surface area contributed by atoms with Crippen molar-refractivity contribution >= 4 is 15.9 Å². The van der Waals surface area contributed by atoms with Gasteiger partial charge in [-0.1, -0.05) is 18.9 Å². The first-order valence-electron chi connectivity index (χ1n) is 9.22. The Morgan fingerprint density at radius 1 is 1.41 bits per heavy atom. The second-order valence-electron chi connectivity index (χ2n) is 7.75. The summed E-state index contributed by atoms with van der Waals surface area (Å²) in [5.74, 6) is 2.60. The zero-order valence-corrected chi connectivity index (χ0v) is 17.1. The molecule has 2 rings (SSSR count). The van der Waals surface area contributed by atoms with Gasteiger partial charge >= 0.3 is 0 Å². The van der Waals surface area contributed by atoms with Crippen molar-refractivity contribution in [1.29, 1.82) is 0 Å². The predicted molar refractivity (Wildman–Crippen MR) is 107 cm³/mol. The molecule has 0 spiro atoms. The number of carbonyl (C=O) groups excluding carboxylic acids is 1. The van der Waals surface area contributed by atoms with Crippen LogP contribution in [0.25, 0.3) is 0 Å². The van der Waals surface area contributed by atoms with E-state index in [1.807, 2.05) is 0 Å². The van der Waals surface area contributed by atoms with Gasteiger partial charge in [-0.3, -0.25) is 9.69 Å². The molecule has 6 nitrogen and oxygen atoms in total. The molecule has 1 heterocycles. The SMILES string of the molecule is C#CCNS(=O)(=O)c1cccc(C(=O)NCC(C)(C)N2CCCC(C)C2)c1. The predicted octanol–water partition coefficient (Wildman–Crippen LogP) is 1.84. The minimum atomic E-state index is -3.73. The van der Waals surface area contributed by atoms with E-state index in [9.17, 15) is 13.2 Å². The molecule has 0 aromatic heterocycles. The van der Waals surface area contributed by atoms with Crippen molar-refractivity contribution in [1.82, 2.24) is 14.9 Å². The fraction of sp³-hybridized carbons (Fsp3) is 0.550. The van der Waals surface area contributed by atoms with E-state index in [1.54, 1.807) is 12.1 Å². The van der Waals surface area contributed by atoms with Gasteiger partial charge in [0.1, 0.15) is 0 Å². The Balaban J connectivity index is 2.04. The minimum Gasteiger partial charge on any atom is -0.350 e. The molecule has 27 heavy (non-hydrogen) atoms. The zero-order chi connectivity index (χ0) is 20.1. The molecule has 1 aromatic carbocycles. The van der Waals surface area contributed by atoms with Gasteiger partial charge in [-0.15, -0.1) is 6.42 Å². The molecule has 1 unspecified atom stereocenters. The van der Waals surface area contributed by atoms with Gasteiger partial charge in [-0.2, -0.15) is 4.72 Å². The summed E-state index contributed by atoms with van der Waals surface area (Å²) in [5, 5.41) is 2.95. The van der Waals surface area contributed by atoms with Crippen molar-refractivity contribution in [2.24, 2.45) is 5.92 Å². The number of hydrogen-bond donors (Lipinski definition) is 2. The lowest BCUT2D eigenvalue weighted by atomic mass is 9.93. The molecular formula is C20H29N3O3S. The molecule has 0 saturated carbocycles. The summed E-state index contributed by atoms with van der Waals surface area (Å²) >= 11 is 0. The normalized spacial score (nSPS) is 18.7.